The molecule has 1 saturated carbocycles. The van der Waals surface area contributed by atoms with E-state index in [2.05, 4.69) is 0 Å². The van der Waals surface area contributed by atoms with Crippen LogP contribution >= 0.6 is 11.8 Å². The van der Waals surface area contributed by atoms with Crippen molar-refractivity contribution in [3.63, 3.8) is 0 Å². The fourth-order valence-electron chi connectivity index (χ4n) is 2.34. The zero-order valence-corrected chi connectivity index (χ0v) is 12.3. The van der Waals surface area contributed by atoms with Crippen molar-refractivity contribution in [2.75, 3.05) is 20.0 Å². The first-order chi connectivity index (χ1) is 9.24. The Labute approximate surface area is 118 Å². The Hall–Kier alpha value is -1.16. The lowest BCUT2D eigenvalue weighted by molar-refractivity contribution is 0.102. The van der Waals surface area contributed by atoms with E-state index in [1.54, 1.807) is 44.2 Å². The SMILES string of the molecule is COc1ccc(C(=O)CSC2CCCC2)cc1OC. The Morgan fingerprint density at radius 1 is 1.21 bits per heavy atom. The Morgan fingerprint density at radius 3 is 2.53 bits per heavy atom. The molecule has 0 amide bonds. The molecule has 0 aliphatic heterocycles. The monoisotopic (exact) mass is 280 g/mol. The molecule has 0 heterocycles. The lowest BCUT2D eigenvalue weighted by Crippen LogP contribution is -2.07. The quantitative estimate of drug-likeness (QED) is 0.746. The van der Waals surface area contributed by atoms with Crippen molar-refractivity contribution in [3.8, 4) is 11.5 Å². The van der Waals surface area contributed by atoms with Crippen molar-refractivity contribution in [1.29, 1.82) is 0 Å². The minimum atomic E-state index is 0.165. The van der Waals surface area contributed by atoms with Crippen LogP contribution in [0.25, 0.3) is 0 Å². The molecular weight excluding hydrogens is 260 g/mol. The van der Waals surface area contributed by atoms with Gasteiger partial charge in [0.1, 0.15) is 0 Å². The topological polar surface area (TPSA) is 35.5 Å². The molecular formula is C15H20O3S. The van der Waals surface area contributed by atoms with Crippen LogP contribution in [0.5, 0.6) is 11.5 Å². The zero-order valence-electron chi connectivity index (χ0n) is 11.5. The Kier molecular flexibility index (Phi) is 5.14. The van der Waals surface area contributed by atoms with Gasteiger partial charge in [-0.1, -0.05) is 12.8 Å². The summed E-state index contributed by atoms with van der Waals surface area (Å²) in [6.45, 7) is 0. The molecule has 1 fully saturated rings. The Bertz CT molecular complexity index is 439. The van der Waals surface area contributed by atoms with Crippen molar-refractivity contribution in [2.24, 2.45) is 0 Å². The average molecular weight is 280 g/mol. The van der Waals surface area contributed by atoms with E-state index >= 15 is 0 Å². The number of benzene rings is 1. The first kappa shape index (κ1) is 14.3. The van der Waals surface area contributed by atoms with Crippen LogP contribution in [0.4, 0.5) is 0 Å². The standard InChI is InChI=1S/C15H20O3S/c1-17-14-8-7-11(9-15(14)18-2)13(16)10-19-12-5-3-4-6-12/h7-9,12H,3-6,10H2,1-2H3. The number of methoxy groups -OCH3 is 2. The van der Waals surface area contributed by atoms with Gasteiger partial charge in [0.15, 0.2) is 17.3 Å². The van der Waals surface area contributed by atoms with E-state index in [1.807, 2.05) is 0 Å². The van der Waals surface area contributed by atoms with E-state index in [0.717, 1.165) is 0 Å². The van der Waals surface area contributed by atoms with Crippen LogP contribution in [0.2, 0.25) is 0 Å². The highest BCUT2D eigenvalue weighted by Gasteiger charge is 2.18. The number of ether oxygens (including phenoxy) is 2. The van der Waals surface area contributed by atoms with Crippen molar-refractivity contribution >= 4 is 17.5 Å². The van der Waals surface area contributed by atoms with Gasteiger partial charge in [-0.15, -0.1) is 0 Å². The molecule has 3 nitrogen and oxygen atoms in total. The summed E-state index contributed by atoms with van der Waals surface area (Å²) in [5.41, 5.74) is 0.697. The zero-order chi connectivity index (χ0) is 13.7. The normalized spacial score (nSPS) is 15.5. The van der Waals surface area contributed by atoms with Gasteiger partial charge >= 0.3 is 0 Å². The van der Waals surface area contributed by atoms with Gasteiger partial charge in [-0.25, -0.2) is 0 Å². The van der Waals surface area contributed by atoms with Crippen LogP contribution in [0.15, 0.2) is 18.2 Å². The van der Waals surface area contributed by atoms with Crippen LogP contribution < -0.4 is 9.47 Å². The van der Waals surface area contributed by atoms with E-state index in [0.29, 0.717) is 28.1 Å². The third-order valence-electron chi connectivity index (χ3n) is 3.46. The summed E-state index contributed by atoms with van der Waals surface area (Å²) < 4.78 is 10.4. The lowest BCUT2D eigenvalue weighted by Gasteiger charge is -2.10. The van der Waals surface area contributed by atoms with Crippen LogP contribution in [-0.2, 0) is 0 Å². The van der Waals surface area contributed by atoms with Gasteiger partial charge in [0, 0.05) is 10.8 Å². The van der Waals surface area contributed by atoms with Crippen molar-refractivity contribution < 1.29 is 14.3 Å². The van der Waals surface area contributed by atoms with Gasteiger partial charge in [0.2, 0.25) is 0 Å². The Balaban J connectivity index is 1.98. The van der Waals surface area contributed by atoms with Gasteiger partial charge in [-0.05, 0) is 31.0 Å². The molecule has 0 N–H and O–H groups in total. The molecule has 0 atom stereocenters. The van der Waals surface area contributed by atoms with Crippen LogP contribution in [0.3, 0.4) is 0 Å². The molecule has 19 heavy (non-hydrogen) atoms. The van der Waals surface area contributed by atoms with Crippen molar-refractivity contribution in [2.45, 2.75) is 30.9 Å². The molecule has 4 heteroatoms. The van der Waals surface area contributed by atoms with E-state index in [4.69, 9.17) is 9.47 Å². The summed E-state index contributed by atoms with van der Waals surface area (Å²) >= 11 is 1.79. The molecule has 0 unspecified atom stereocenters. The van der Waals surface area contributed by atoms with Crippen LogP contribution in [-0.4, -0.2) is 31.0 Å². The van der Waals surface area contributed by atoms with Crippen molar-refractivity contribution in [3.05, 3.63) is 23.8 Å². The van der Waals surface area contributed by atoms with Gasteiger partial charge < -0.3 is 9.47 Å². The van der Waals surface area contributed by atoms with Gasteiger partial charge in [0.25, 0.3) is 0 Å². The average Bonchev–Trinajstić information content (AvgIpc) is 2.97. The highest BCUT2D eigenvalue weighted by molar-refractivity contribution is 8.00. The lowest BCUT2D eigenvalue weighted by atomic mass is 10.1. The second-order valence-electron chi connectivity index (χ2n) is 4.71. The summed E-state index contributed by atoms with van der Waals surface area (Å²) in [4.78, 5) is 12.2. The van der Waals surface area contributed by atoms with Gasteiger partial charge in [-0.2, -0.15) is 11.8 Å². The summed E-state index contributed by atoms with van der Waals surface area (Å²) in [6, 6.07) is 5.35. The predicted octanol–water partition coefficient (Wildman–Crippen LogP) is 3.56. The number of Topliss-reactive ketones (excluding diaryl/α,β-unsaturated/α-hetero) is 1. The van der Waals surface area contributed by atoms with E-state index in [9.17, 15) is 4.79 Å². The van der Waals surface area contributed by atoms with Crippen LogP contribution in [0.1, 0.15) is 36.0 Å². The number of hydrogen-bond donors (Lipinski definition) is 0. The van der Waals surface area contributed by atoms with Gasteiger partial charge in [0.05, 0.1) is 20.0 Å². The highest BCUT2D eigenvalue weighted by Crippen LogP contribution is 2.31. The smallest absolute Gasteiger partial charge is 0.172 e. The van der Waals surface area contributed by atoms with E-state index in [-0.39, 0.29) is 5.78 Å². The molecule has 1 aromatic rings. The third kappa shape index (κ3) is 3.66. The maximum atomic E-state index is 12.2. The van der Waals surface area contributed by atoms with Gasteiger partial charge in [-0.3, -0.25) is 4.79 Å². The summed E-state index contributed by atoms with van der Waals surface area (Å²) in [7, 11) is 3.18. The molecule has 104 valence electrons. The number of hydrogen-bond acceptors (Lipinski definition) is 4. The fourth-order valence-corrected chi connectivity index (χ4v) is 3.56. The minimum absolute atomic E-state index is 0.165. The molecule has 0 radical (unpaired) electrons. The molecule has 1 aliphatic carbocycles. The second-order valence-corrected chi connectivity index (χ2v) is 6.00. The number of thioether (sulfide) groups is 1. The number of rotatable bonds is 6. The number of carbonyl (C=O) groups excluding carboxylic acids is 1. The molecule has 0 spiro atoms. The molecule has 0 bridgehead atoms. The summed E-state index contributed by atoms with van der Waals surface area (Å²) in [6.07, 6.45) is 5.12. The molecule has 1 aliphatic rings. The number of carbonyl (C=O) groups is 1. The maximum Gasteiger partial charge on any atom is 0.172 e. The van der Waals surface area contributed by atoms with E-state index < -0.39 is 0 Å². The highest BCUT2D eigenvalue weighted by atomic mass is 32.2. The largest absolute Gasteiger partial charge is 0.493 e. The van der Waals surface area contributed by atoms with E-state index in [1.165, 1.54) is 25.7 Å². The first-order valence-corrected chi connectivity index (χ1v) is 7.66. The Morgan fingerprint density at radius 2 is 1.89 bits per heavy atom. The molecule has 0 saturated heterocycles. The second kappa shape index (κ2) is 6.85. The molecule has 0 aromatic heterocycles. The predicted molar refractivity (Wildman–Crippen MR) is 78.6 cm³/mol. The fraction of sp³-hybridized carbons (Fsp3) is 0.533. The summed E-state index contributed by atoms with van der Waals surface area (Å²) in [5.74, 6) is 1.99. The third-order valence-corrected chi connectivity index (χ3v) is 4.83. The minimum Gasteiger partial charge on any atom is -0.493 e. The van der Waals surface area contributed by atoms with Crippen molar-refractivity contribution in [1.82, 2.24) is 0 Å². The van der Waals surface area contributed by atoms with Crippen LogP contribution in [0, 0.1) is 0 Å². The molecule has 2 rings (SSSR count). The first-order valence-electron chi connectivity index (χ1n) is 6.61. The molecule has 1 aromatic carbocycles. The maximum absolute atomic E-state index is 12.2. The number of ketones is 1. The summed E-state index contributed by atoms with van der Waals surface area (Å²) in [5, 5.41) is 0.670.